The lowest BCUT2D eigenvalue weighted by Gasteiger charge is -2.32. The van der Waals surface area contributed by atoms with Crippen LogP contribution in [-0.4, -0.2) is 69.7 Å². The minimum absolute atomic E-state index is 0.0137. The van der Waals surface area contributed by atoms with Gasteiger partial charge in [-0.15, -0.1) is 0 Å². The highest BCUT2D eigenvalue weighted by molar-refractivity contribution is 6.06. The summed E-state index contributed by atoms with van der Waals surface area (Å²) in [5.74, 6) is 0.0465. The number of nitrogens with zero attached hydrogens (tertiary/aromatic N) is 4. The van der Waals surface area contributed by atoms with Gasteiger partial charge >= 0.3 is 0 Å². The molecule has 7 rings (SSSR count). The van der Waals surface area contributed by atoms with Crippen LogP contribution in [0.4, 0.5) is 28.4 Å². The number of fused-ring (bicyclic) bond motifs is 2. The minimum Gasteiger partial charge on any atom is -0.493 e. The van der Waals surface area contributed by atoms with Gasteiger partial charge < -0.3 is 45.2 Å². The molecule has 58 heavy (non-hydrogen) atoms. The number of nitrogens with one attached hydrogen (secondary N) is 3. The Morgan fingerprint density at radius 2 is 1.50 bits per heavy atom. The van der Waals surface area contributed by atoms with Crippen molar-refractivity contribution in [1.29, 1.82) is 0 Å². The molecule has 3 aromatic carbocycles. The van der Waals surface area contributed by atoms with Crippen molar-refractivity contribution in [2.75, 3.05) is 35.3 Å². The Balaban J connectivity index is 0.927. The Hall–Kier alpha value is -6.83. The Morgan fingerprint density at radius 1 is 0.828 bits per heavy atom. The highest BCUT2D eigenvalue weighted by Crippen LogP contribution is 2.39. The molecule has 0 bridgehead atoms. The second-order valence-electron chi connectivity index (χ2n) is 14.7. The van der Waals surface area contributed by atoms with E-state index in [2.05, 4.69) is 20.9 Å². The zero-order valence-corrected chi connectivity index (χ0v) is 33.1. The monoisotopic (exact) mass is 784 g/mol. The molecule has 1 fully saturated rings. The summed E-state index contributed by atoms with van der Waals surface area (Å²) in [6.07, 6.45) is 9.29. The summed E-state index contributed by atoms with van der Waals surface area (Å²) in [5, 5.41) is 8.71. The molecule has 14 heteroatoms. The Kier molecular flexibility index (Phi) is 11.6. The Morgan fingerprint density at radius 3 is 2.19 bits per heavy atom. The summed E-state index contributed by atoms with van der Waals surface area (Å²) in [6.45, 7) is 2.69. The Labute approximate surface area is 337 Å². The molecule has 2 aliphatic heterocycles. The second kappa shape index (κ2) is 17.1. The molecule has 0 radical (unpaired) electrons. The molecule has 5 aromatic rings. The van der Waals surface area contributed by atoms with E-state index in [0.717, 1.165) is 30.4 Å². The van der Waals surface area contributed by atoms with Gasteiger partial charge in [-0.05, 0) is 92.3 Å². The average Bonchev–Trinajstić information content (AvgIpc) is 3.76. The molecule has 1 saturated heterocycles. The van der Waals surface area contributed by atoms with Crippen LogP contribution in [0.5, 0.6) is 11.5 Å². The summed E-state index contributed by atoms with van der Waals surface area (Å²) >= 11 is 0. The third-order valence-corrected chi connectivity index (χ3v) is 10.6. The van der Waals surface area contributed by atoms with Gasteiger partial charge in [0.1, 0.15) is 11.4 Å². The van der Waals surface area contributed by atoms with E-state index in [1.807, 2.05) is 49.5 Å². The van der Waals surface area contributed by atoms with E-state index in [4.69, 9.17) is 15.2 Å². The lowest BCUT2D eigenvalue weighted by Crippen LogP contribution is -2.43. The van der Waals surface area contributed by atoms with Crippen molar-refractivity contribution in [1.82, 2.24) is 14.0 Å². The van der Waals surface area contributed by atoms with Gasteiger partial charge in [0, 0.05) is 74.4 Å². The third-order valence-electron chi connectivity index (χ3n) is 10.6. The van der Waals surface area contributed by atoms with Crippen LogP contribution in [0, 0.1) is 0 Å². The number of aliphatic imine (C=N–C) groups is 1. The predicted molar refractivity (Wildman–Crippen MR) is 225 cm³/mol. The molecule has 5 N–H and O–H groups in total. The maximum absolute atomic E-state index is 13.4. The van der Waals surface area contributed by atoms with Crippen molar-refractivity contribution in [2.45, 2.75) is 57.6 Å². The number of hydrogen-bond acceptors (Lipinski definition) is 8. The number of nitrogen functional groups attached to an aromatic ring is 1. The molecular weight excluding hydrogens is 737 g/mol. The second-order valence-corrected chi connectivity index (χ2v) is 14.7. The first-order valence-electron chi connectivity index (χ1n) is 19.4. The lowest BCUT2D eigenvalue weighted by atomic mass is 10.0. The van der Waals surface area contributed by atoms with E-state index in [-0.39, 0.29) is 42.2 Å². The quantitative estimate of drug-likeness (QED) is 0.0900. The smallest absolute Gasteiger partial charge is 0.272 e. The molecule has 2 aliphatic rings. The van der Waals surface area contributed by atoms with Crippen molar-refractivity contribution < 1.29 is 28.7 Å². The fourth-order valence-corrected chi connectivity index (χ4v) is 7.32. The van der Waals surface area contributed by atoms with Crippen LogP contribution in [0.1, 0.15) is 76.8 Å². The third kappa shape index (κ3) is 8.75. The molecule has 0 spiro atoms. The van der Waals surface area contributed by atoms with Gasteiger partial charge in [0.15, 0.2) is 11.5 Å². The molecule has 300 valence electrons. The van der Waals surface area contributed by atoms with Crippen LogP contribution < -0.4 is 31.2 Å². The van der Waals surface area contributed by atoms with E-state index in [0.29, 0.717) is 76.3 Å². The number of rotatable bonds is 13. The van der Waals surface area contributed by atoms with Gasteiger partial charge in [-0.1, -0.05) is 19.1 Å². The number of anilines is 4. The first kappa shape index (κ1) is 39.4. The highest BCUT2D eigenvalue weighted by Gasteiger charge is 2.31. The van der Waals surface area contributed by atoms with Crippen LogP contribution in [0.3, 0.4) is 0 Å². The van der Waals surface area contributed by atoms with Crippen molar-refractivity contribution in [3.8, 4) is 22.6 Å². The van der Waals surface area contributed by atoms with Crippen LogP contribution in [0.2, 0.25) is 0 Å². The fraction of sp³-hybridized carbons (Fsp3) is 0.295. The van der Waals surface area contributed by atoms with Crippen LogP contribution in [-0.2, 0) is 18.9 Å². The van der Waals surface area contributed by atoms with E-state index in [1.54, 1.807) is 77.0 Å². The van der Waals surface area contributed by atoms with Gasteiger partial charge in [-0.25, -0.2) is 0 Å². The number of carbonyl (C=O) groups excluding carboxylic acids is 4. The summed E-state index contributed by atoms with van der Waals surface area (Å²) in [4.78, 5) is 59.3. The summed E-state index contributed by atoms with van der Waals surface area (Å²) < 4.78 is 15.4. The standard InChI is InChI=1S/C44H48N8O6/c1-5-34(58-40-23-36-35(22-39(40)57-4)44(56)52-19-7-6-8-33(52)24-46-36)17-18-41(53)47-32-21-38(51(3)26-32)43(55)48-30-13-9-27(10-14-30)28-20-37(50(2)25-28)42(54)49-31-15-11-29(45)12-16-31/h9-16,20-26,33-34H,5-8,17-19,45H2,1-4H3,(H,47,53)(H,48,55)(H,49,54). The first-order chi connectivity index (χ1) is 28.0. The van der Waals surface area contributed by atoms with Crippen molar-refractivity contribution in [3.05, 3.63) is 102 Å². The van der Waals surface area contributed by atoms with E-state index >= 15 is 0 Å². The van der Waals surface area contributed by atoms with E-state index < -0.39 is 0 Å². The first-order valence-corrected chi connectivity index (χ1v) is 19.4. The summed E-state index contributed by atoms with van der Waals surface area (Å²) in [6, 6.07) is 21.2. The maximum Gasteiger partial charge on any atom is 0.272 e. The number of aromatic nitrogens is 2. The number of nitrogens with two attached hydrogens (primary N) is 1. The Bertz CT molecular complexity index is 2360. The summed E-state index contributed by atoms with van der Waals surface area (Å²) in [5.41, 5.74) is 11.7. The van der Waals surface area contributed by atoms with E-state index in [1.165, 1.54) is 7.11 Å². The van der Waals surface area contributed by atoms with Crippen molar-refractivity contribution in [2.24, 2.45) is 19.1 Å². The predicted octanol–water partition coefficient (Wildman–Crippen LogP) is 7.41. The molecule has 4 heterocycles. The zero-order valence-electron chi connectivity index (χ0n) is 33.1. The maximum atomic E-state index is 13.4. The topological polar surface area (TPSA) is 174 Å². The number of benzene rings is 3. The lowest BCUT2D eigenvalue weighted by molar-refractivity contribution is -0.116. The number of aryl methyl sites for hydroxylation is 2. The number of carbonyl (C=O) groups is 4. The molecule has 0 saturated carbocycles. The molecule has 2 aromatic heterocycles. The van der Waals surface area contributed by atoms with Crippen LogP contribution in [0.25, 0.3) is 11.1 Å². The van der Waals surface area contributed by atoms with Crippen LogP contribution >= 0.6 is 0 Å². The number of hydrogen-bond donors (Lipinski definition) is 4. The minimum atomic E-state index is -0.340. The van der Waals surface area contributed by atoms with Crippen molar-refractivity contribution in [3.63, 3.8) is 0 Å². The number of amides is 4. The van der Waals surface area contributed by atoms with Gasteiger partial charge in [-0.3, -0.25) is 24.2 Å². The number of methoxy groups -OCH3 is 1. The normalized spacial score (nSPS) is 15.1. The molecule has 4 amide bonds. The largest absolute Gasteiger partial charge is 0.493 e. The van der Waals surface area contributed by atoms with E-state index in [9.17, 15) is 19.2 Å². The number of piperidine rings is 1. The van der Waals surface area contributed by atoms with Crippen molar-refractivity contribution >= 4 is 58.3 Å². The molecular formula is C44H48N8O6. The average molecular weight is 785 g/mol. The zero-order chi connectivity index (χ0) is 40.9. The van der Waals surface area contributed by atoms with Gasteiger partial charge in [0.05, 0.1) is 36.2 Å². The fourth-order valence-electron chi connectivity index (χ4n) is 7.32. The van der Waals surface area contributed by atoms with Gasteiger partial charge in [-0.2, -0.15) is 0 Å². The van der Waals surface area contributed by atoms with Crippen LogP contribution in [0.15, 0.2) is 90.2 Å². The molecule has 2 atom stereocenters. The molecule has 0 aliphatic carbocycles. The molecule has 2 unspecified atom stereocenters. The highest BCUT2D eigenvalue weighted by atomic mass is 16.5. The number of ether oxygens (including phenoxy) is 2. The SMILES string of the molecule is CCC(CCC(=O)Nc1cc(C(=O)Nc2ccc(-c3cc(C(=O)Nc4ccc(N)cc4)n(C)c3)cc2)n(C)c1)Oc1cc2c(cc1OC)C(=O)N1CCCCC1C=N2. The van der Waals surface area contributed by atoms with Gasteiger partial charge in [0.25, 0.3) is 17.7 Å². The van der Waals surface area contributed by atoms with Gasteiger partial charge in [0.2, 0.25) is 5.91 Å². The molecule has 14 nitrogen and oxygen atoms in total. The summed E-state index contributed by atoms with van der Waals surface area (Å²) in [7, 11) is 5.09.